The van der Waals surface area contributed by atoms with Crippen LogP contribution in [0.4, 0.5) is 0 Å². The van der Waals surface area contributed by atoms with Crippen molar-refractivity contribution in [2.75, 3.05) is 7.11 Å². The van der Waals surface area contributed by atoms with E-state index in [2.05, 4.69) is 46.9 Å². The molecule has 17 heavy (non-hydrogen) atoms. The van der Waals surface area contributed by atoms with E-state index < -0.39 is 0 Å². The molecule has 0 aliphatic rings. The predicted octanol–water partition coefficient (Wildman–Crippen LogP) is 4.70. The molecule has 4 heteroatoms. The van der Waals surface area contributed by atoms with Crippen molar-refractivity contribution in [2.24, 2.45) is 0 Å². The van der Waals surface area contributed by atoms with Crippen molar-refractivity contribution >= 4 is 27.3 Å². The molecule has 0 N–H and O–H groups in total. The quantitative estimate of drug-likeness (QED) is 0.819. The molecule has 0 unspecified atom stereocenters. The maximum Gasteiger partial charge on any atom is 0.124 e. The minimum Gasteiger partial charge on any atom is -0.496 e. The van der Waals surface area contributed by atoms with E-state index >= 15 is 0 Å². The maximum absolute atomic E-state index is 5.38. The summed E-state index contributed by atoms with van der Waals surface area (Å²) in [5, 5.41) is 3.02. The van der Waals surface area contributed by atoms with Gasteiger partial charge in [0.2, 0.25) is 0 Å². The van der Waals surface area contributed by atoms with Gasteiger partial charge in [0, 0.05) is 10.9 Å². The van der Waals surface area contributed by atoms with Crippen molar-refractivity contribution in [3.8, 4) is 16.3 Å². The third kappa shape index (κ3) is 2.69. The van der Waals surface area contributed by atoms with Crippen LogP contribution in [0.5, 0.6) is 5.75 Å². The van der Waals surface area contributed by atoms with Crippen molar-refractivity contribution < 1.29 is 4.74 Å². The number of thiazole rings is 1. The summed E-state index contributed by atoms with van der Waals surface area (Å²) in [6.07, 6.45) is 0. The standard InChI is InChI=1S/C13H14BrNOS/c1-8(2)10-6-9(4-5-11(10)16-3)13-15-12(14)7-17-13/h4-8H,1-3H3. The first kappa shape index (κ1) is 12.6. The average molecular weight is 312 g/mol. The number of ether oxygens (including phenoxy) is 1. The Kier molecular flexibility index (Phi) is 3.84. The molecule has 0 radical (unpaired) electrons. The van der Waals surface area contributed by atoms with E-state index in [1.807, 2.05) is 11.4 Å². The van der Waals surface area contributed by atoms with Crippen molar-refractivity contribution in [1.29, 1.82) is 0 Å². The lowest BCUT2D eigenvalue weighted by molar-refractivity contribution is 0.407. The zero-order valence-corrected chi connectivity index (χ0v) is 12.4. The number of aromatic nitrogens is 1. The van der Waals surface area contributed by atoms with Crippen LogP contribution in [0.3, 0.4) is 0 Å². The van der Waals surface area contributed by atoms with Gasteiger partial charge >= 0.3 is 0 Å². The molecule has 0 aliphatic heterocycles. The molecule has 2 aromatic rings. The highest BCUT2D eigenvalue weighted by Crippen LogP contribution is 2.33. The van der Waals surface area contributed by atoms with Crippen LogP contribution in [0.15, 0.2) is 28.2 Å². The Morgan fingerprint density at radius 2 is 2.12 bits per heavy atom. The van der Waals surface area contributed by atoms with Crippen molar-refractivity contribution in [1.82, 2.24) is 4.98 Å². The lowest BCUT2D eigenvalue weighted by Gasteiger charge is -2.12. The van der Waals surface area contributed by atoms with E-state index in [0.29, 0.717) is 5.92 Å². The fourth-order valence-corrected chi connectivity index (χ4v) is 2.96. The lowest BCUT2D eigenvalue weighted by Crippen LogP contribution is -1.94. The number of methoxy groups -OCH3 is 1. The summed E-state index contributed by atoms with van der Waals surface area (Å²) in [4.78, 5) is 4.43. The van der Waals surface area contributed by atoms with Gasteiger partial charge < -0.3 is 4.74 Å². The zero-order valence-electron chi connectivity index (χ0n) is 10.0. The number of halogens is 1. The number of hydrogen-bond acceptors (Lipinski definition) is 3. The van der Waals surface area contributed by atoms with Crippen LogP contribution in [-0.2, 0) is 0 Å². The molecule has 0 spiro atoms. The van der Waals surface area contributed by atoms with Crippen LogP contribution >= 0.6 is 27.3 Å². The molecule has 0 amide bonds. The van der Waals surface area contributed by atoms with Crippen molar-refractivity contribution in [3.05, 3.63) is 33.7 Å². The highest BCUT2D eigenvalue weighted by Gasteiger charge is 2.11. The Morgan fingerprint density at radius 3 is 2.65 bits per heavy atom. The summed E-state index contributed by atoms with van der Waals surface area (Å²) >= 11 is 5.02. The van der Waals surface area contributed by atoms with E-state index in [9.17, 15) is 0 Å². The molecule has 0 fully saturated rings. The number of rotatable bonds is 3. The summed E-state index contributed by atoms with van der Waals surface area (Å²) in [6, 6.07) is 6.23. The molecular weight excluding hydrogens is 298 g/mol. The summed E-state index contributed by atoms with van der Waals surface area (Å²) in [5.74, 6) is 1.38. The molecule has 90 valence electrons. The third-order valence-corrected chi connectivity index (χ3v) is 4.18. The molecule has 0 saturated carbocycles. The molecule has 1 heterocycles. The second-order valence-corrected chi connectivity index (χ2v) is 5.76. The van der Waals surface area contributed by atoms with Gasteiger partial charge in [0.1, 0.15) is 15.4 Å². The molecule has 0 atom stereocenters. The summed E-state index contributed by atoms with van der Waals surface area (Å²) in [7, 11) is 1.71. The van der Waals surface area contributed by atoms with E-state index in [0.717, 1.165) is 20.9 Å². The van der Waals surface area contributed by atoms with E-state index in [4.69, 9.17) is 4.74 Å². The van der Waals surface area contributed by atoms with Gasteiger partial charge in [-0.1, -0.05) is 13.8 Å². The van der Waals surface area contributed by atoms with Crippen molar-refractivity contribution in [2.45, 2.75) is 19.8 Å². The summed E-state index contributed by atoms with van der Waals surface area (Å²) in [5.41, 5.74) is 2.36. The van der Waals surface area contributed by atoms with E-state index in [1.165, 1.54) is 5.56 Å². The first-order valence-corrected chi connectivity index (χ1v) is 7.08. The van der Waals surface area contributed by atoms with Crippen LogP contribution in [0.25, 0.3) is 10.6 Å². The number of benzene rings is 1. The van der Waals surface area contributed by atoms with Gasteiger partial charge in [-0.15, -0.1) is 11.3 Å². The molecule has 1 aromatic heterocycles. The third-order valence-electron chi connectivity index (χ3n) is 2.57. The number of nitrogens with zero attached hydrogens (tertiary/aromatic N) is 1. The smallest absolute Gasteiger partial charge is 0.124 e. The topological polar surface area (TPSA) is 22.1 Å². The maximum atomic E-state index is 5.38. The lowest BCUT2D eigenvalue weighted by atomic mass is 10.00. The SMILES string of the molecule is COc1ccc(-c2nc(Br)cs2)cc1C(C)C. The van der Waals surface area contributed by atoms with E-state index in [1.54, 1.807) is 18.4 Å². The zero-order chi connectivity index (χ0) is 12.4. The van der Waals surface area contributed by atoms with Crippen LogP contribution in [0, 0.1) is 0 Å². The molecule has 0 aliphatic carbocycles. The van der Waals surface area contributed by atoms with Gasteiger partial charge in [0.25, 0.3) is 0 Å². The molecule has 1 aromatic carbocycles. The normalized spacial score (nSPS) is 10.9. The highest BCUT2D eigenvalue weighted by atomic mass is 79.9. The van der Waals surface area contributed by atoms with Gasteiger partial charge in [0.15, 0.2) is 0 Å². The molecule has 2 rings (SSSR count). The highest BCUT2D eigenvalue weighted by molar-refractivity contribution is 9.10. The van der Waals surface area contributed by atoms with Crippen LogP contribution < -0.4 is 4.74 Å². The van der Waals surface area contributed by atoms with Gasteiger partial charge in [0.05, 0.1) is 7.11 Å². The molecule has 0 saturated heterocycles. The average Bonchev–Trinajstić information content (AvgIpc) is 2.75. The fourth-order valence-electron chi connectivity index (χ4n) is 1.71. The Bertz CT molecular complexity index is 522. The fraction of sp³-hybridized carbons (Fsp3) is 0.308. The Balaban J connectivity index is 2.47. The molecule has 2 nitrogen and oxygen atoms in total. The first-order chi connectivity index (χ1) is 8.11. The minimum absolute atomic E-state index is 0.438. The van der Waals surface area contributed by atoms with Crippen molar-refractivity contribution in [3.63, 3.8) is 0 Å². The second kappa shape index (κ2) is 5.19. The van der Waals surface area contributed by atoms with Crippen LogP contribution in [0.2, 0.25) is 0 Å². The Hall–Kier alpha value is -0.870. The van der Waals surface area contributed by atoms with E-state index in [-0.39, 0.29) is 0 Å². The number of hydrogen-bond donors (Lipinski definition) is 0. The molecule has 0 bridgehead atoms. The predicted molar refractivity (Wildman–Crippen MR) is 75.9 cm³/mol. The van der Waals surface area contributed by atoms with Gasteiger partial charge in [-0.05, 0) is 45.6 Å². The summed E-state index contributed by atoms with van der Waals surface area (Å²) < 4.78 is 6.26. The van der Waals surface area contributed by atoms with Crippen LogP contribution in [-0.4, -0.2) is 12.1 Å². The van der Waals surface area contributed by atoms with Crippen LogP contribution in [0.1, 0.15) is 25.3 Å². The Morgan fingerprint density at radius 1 is 1.35 bits per heavy atom. The second-order valence-electron chi connectivity index (χ2n) is 4.09. The first-order valence-electron chi connectivity index (χ1n) is 5.41. The van der Waals surface area contributed by atoms with Gasteiger partial charge in [-0.2, -0.15) is 0 Å². The monoisotopic (exact) mass is 311 g/mol. The minimum atomic E-state index is 0.438. The van der Waals surface area contributed by atoms with Gasteiger partial charge in [-0.25, -0.2) is 4.98 Å². The molecular formula is C13H14BrNOS. The Labute approximate surface area is 114 Å². The van der Waals surface area contributed by atoms with Gasteiger partial charge in [-0.3, -0.25) is 0 Å². The summed E-state index contributed by atoms with van der Waals surface area (Å²) in [6.45, 7) is 4.33. The largest absolute Gasteiger partial charge is 0.496 e.